The molecular formula is C11H14N2O3. The first kappa shape index (κ1) is 10.9. The minimum absolute atomic E-state index is 0.0439. The van der Waals surface area contributed by atoms with E-state index in [2.05, 4.69) is 10.3 Å². The van der Waals surface area contributed by atoms with Gasteiger partial charge in [-0.05, 0) is 30.9 Å². The van der Waals surface area contributed by atoms with Gasteiger partial charge in [0, 0.05) is 12.7 Å². The van der Waals surface area contributed by atoms with Gasteiger partial charge in [0.05, 0.1) is 11.8 Å². The Morgan fingerprint density at radius 1 is 1.56 bits per heavy atom. The van der Waals surface area contributed by atoms with Gasteiger partial charge in [0.25, 0.3) is 0 Å². The van der Waals surface area contributed by atoms with Crippen molar-refractivity contribution in [2.75, 3.05) is 11.9 Å². The van der Waals surface area contributed by atoms with E-state index in [9.17, 15) is 4.79 Å². The van der Waals surface area contributed by atoms with Gasteiger partial charge in [0.1, 0.15) is 0 Å². The third-order valence-corrected chi connectivity index (χ3v) is 2.80. The highest BCUT2D eigenvalue weighted by molar-refractivity contribution is 5.91. The van der Waals surface area contributed by atoms with Crippen LogP contribution in [0.15, 0.2) is 18.3 Å². The third-order valence-electron chi connectivity index (χ3n) is 2.80. The van der Waals surface area contributed by atoms with Crippen molar-refractivity contribution < 1.29 is 15.0 Å². The van der Waals surface area contributed by atoms with E-state index in [1.807, 2.05) is 0 Å². The lowest BCUT2D eigenvalue weighted by Gasteiger charge is -2.31. The van der Waals surface area contributed by atoms with Crippen molar-refractivity contribution in [3.05, 3.63) is 24.0 Å². The number of aliphatic hydroxyl groups is 1. The fourth-order valence-corrected chi connectivity index (χ4v) is 1.84. The van der Waals surface area contributed by atoms with Crippen molar-refractivity contribution in [1.29, 1.82) is 0 Å². The number of carbonyl (C=O) groups is 1. The summed E-state index contributed by atoms with van der Waals surface area (Å²) >= 11 is 0. The third kappa shape index (κ3) is 2.30. The summed E-state index contributed by atoms with van der Waals surface area (Å²) in [5.41, 5.74) is 0.582. The van der Waals surface area contributed by atoms with Crippen LogP contribution in [0.2, 0.25) is 0 Å². The molecule has 1 aromatic heterocycles. The number of carboxylic acid groups (broad SMARTS) is 1. The van der Waals surface area contributed by atoms with Gasteiger partial charge in [-0.15, -0.1) is 0 Å². The fourth-order valence-electron chi connectivity index (χ4n) is 1.84. The standard InChI is InChI=1S/C11H14N2O3/c14-8-4-7(5-8)6-13-9-2-1-3-12-10(9)11(15)16/h1-3,7-8,13-14H,4-6H2,(H,15,16). The van der Waals surface area contributed by atoms with Crippen LogP contribution < -0.4 is 5.32 Å². The van der Waals surface area contributed by atoms with Crippen LogP contribution in [0.1, 0.15) is 23.3 Å². The first-order valence-corrected chi connectivity index (χ1v) is 5.27. The van der Waals surface area contributed by atoms with E-state index in [0.717, 1.165) is 12.8 Å². The molecule has 16 heavy (non-hydrogen) atoms. The van der Waals surface area contributed by atoms with Gasteiger partial charge in [-0.25, -0.2) is 9.78 Å². The normalized spacial score (nSPS) is 23.6. The van der Waals surface area contributed by atoms with E-state index in [1.54, 1.807) is 12.1 Å². The Morgan fingerprint density at radius 3 is 2.94 bits per heavy atom. The molecule has 0 unspecified atom stereocenters. The molecule has 0 spiro atoms. The first-order valence-electron chi connectivity index (χ1n) is 5.27. The van der Waals surface area contributed by atoms with Gasteiger partial charge in [-0.1, -0.05) is 0 Å². The summed E-state index contributed by atoms with van der Waals surface area (Å²) in [5, 5.41) is 21.1. The maximum atomic E-state index is 10.9. The Kier molecular flexibility index (Phi) is 3.05. The summed E-state index contributed by atoms with van der Waals surface area (Å²) in [7, 11) is 0. The number of hydrogen-bond acceptors (Lipinski definition) is 4. The molecule has 1 saturated carbocycles. The molecule has 86 valence electrons. The summed E-state index contributed by atoms with van der Waals surface area (Å²) < 4.78 is 0. The minimum atomic E-state index is -1.03. The summed E-state index contributed by atoms with van der Waals surface area (Å²) in [6.07, 6.45) is 2.85. The predicted molar refractivity (Wildman–Crippen MR) is 58.4 cm³/mol. The molecule has 2 rings (SSSR count). The van der Waals surface area contributed by atoms with Crippen molar-refractivity contribution in [3.63, 3.8) is 0 Å². The van der Waals surface area contributed by atoms with Crippen molar-refractivity contribution in [2.45, 2.75) is 18.9 Å². The second-order valence-corrected chi connectivity index (χ2v) is 4.08. The quantitative estimate of drug-likeness (QED) is 0.707. The van der Waals surface area contributed by atoms with E-state index in [0.29, 0.717) is 18.2 Å². The molecule has 1 aliphatic rings. The van der Waals surface area contributed by atoms with Gasteiger partial charge in [-0.2, -0.15) is 0 Å². The molecule has 0 bridgehead atoms. The van der Waals surface area contributed by atoms with Crippen LogP contribution in [-0.4, -0.2) is 33.8 Å². The molecule has 0 atom stereocenters. The largest absolute Gasteiger partial charge is 0.476 e. The van der Waals surface area contributed by atoms with E-state index in [4.69, 9.17) is 10.2 Å². The molecular weight excluding hydrogens is 208 g/mol. The zero-order valence-electron chi connectivity index (χ0n) is 8.76. The molecule has 1 heterocycles. The number of aliphatic hydroxyl groups excluding tert-OH is 1. The molecule has 0 saturated heterocycles. The van der Waals surface area contributed by atoms with Crippen molar-refractivity contribution in [3.8, 4) is 0 Å². The van der Waals surface area contributed by atoms with Crippen molar-refractivity contribution >= 4 is 11.7 Å². The number of rotatable bonds is 4. The number of nitrogens with zero attached hydrogens (tertiary/aromatic N) is 1. The maximum Gasteiger partial charge on any atom is 0.356 e. The Morgan fingerprint density at radius 2 is 2.31 bits per heavy atom. The number of carboxylic acids is 1. The van der Waals surface area contributed by atoms with E-state index in [1.165, 1.54) is 6.20 Å². The van der Waals surface area contributed by atoms with Gasteiger partial charge in [0.15, 0.2) is 5.69 Å². The lowest BCUT2D eigenvalue weighted by atomic mass is 9.82. The molecule has 3 N–H and O–H groups in total. The number of hydrogen-bond donors (Lipinski definition) is 3. The molecule has 1 aliphatic carbocycles. The first-order chi connectivity index (χ1) is 7.66. The zero-order chi connectivity index (χ0) is 11.5. The second-order valence-electron chi connectivity index (χ2n) is 4.08. The molecule has 5 nitrogen and oxygen atoms in total. The van der Waals surface area contributed by atoms with Crippen molar-refractivity contribution in [2.24, 2.45) is 5.92 Å². The molecule has 0 radical (unpaired) electrons. The average molecular weight is 222 g/mol. The molecule has 0 aliphatic heterocycles. The Bertz CT molecular complexity index is 389. The molecule has 1 aromatic rings. The van der Waals surface area contributed by atoms with Crippen LogP contribution in [0.3, 0.4) is 0 Å². The zero-order valence-corrected chi connectivity index (χ0v) is 8.76. The monoisotopic (exact) mass is 222 g/mol. The number of aromatic nitrogens is 1. The summed E-state index contributed by atoms with van der Waals surface area (Å²) in [6, 6.07) is 3.40. The molecule has 0 aromatic carbocycles. The number of anilines is 1. The Labute approximate surface area is 93.1 Å². The SMILES string of the molecule is O=C(O)c1ncccc1NCC1CC(O)C1. The second kappa shape index (κ2) is 4.49. The lowest BCUT2D eigenvalue weighted by molar-refractivity contribution is 0.0486. The van der Waals surface area contributed by atoms with Crippen LogP contribution in [-0.2, 0) is 0 Å². The van der Waals surface area contributed by atoms with Gasteiger partial charge in [-0.3, -0.25) is 0 Å². The number of nitrogens with one attached hydrogen (secondary N) is 1. The Hall–Kier alpha value is -1.62. The fraction of sp³-hybridized carbons (Fsp3) is 0.455. The lowest BCUT2D eigenvalue weighted by Crippen LogP contribution is -2.33. The topological polar surface area (TPSA) is 82.5 Å². The smallest absolute Gasteiger partial charge is 0.356 e. The van der Waals surface area contributed by atoms with E-state index < -0.39 is 5.97 Å². The van der Waals surface area contributed by atoms with Crippen LogP contribution in [0.4, 0.5) is 5.69 Å². The predicted octanol–water partition coefficient (Wildman–Crippen LogP) is 0.963. The van der Waals surface area contributed by atoms with Gasteiger partial charge >= 0.3 is 5.97 Å². The van der Waals surface area contributed by atoms with Gasteiger partial charge < -0.3 is 15.5 Å². The Balaban J connectivity index is 1.95. The molecule has 1 fully saturated rings. The van der Waals surface area contributed by atoms with E-state index in [-0.39, 0.29) is 11.8 Å². The molecule has 5 heteroatoms. The highest BCUT2D eigenvalue weighted by Gasteiger charge is 2.27. The van der Waals surface area contributed by atoms with Crippen LogP contribution in [0.25, 0.3) is 0 Å². The summed E-state index contributed by atoms with van der Waals surface area (Å²) in [5.74, 6) is -0.603. The summed E-state index contributed by atoms with van der Waals surface area (Å²) in [4.78, 5) is 14.7. The summed E-state index contributed by atoms with van der Waals surface area (Å²) in [6.45, 7) is 0.684. The highest BCUT2D eigenvalue weighted by Crippen LogP contribution is 2.27. The van der Waals surface area contributed by atoms with Crippen molar-refractivity contribution in [1.82, 2.24) is 4.98 Å². The average Bonchev–Trinajstić information content (AvgIpc) is 2.23. The highest BCUT2D eigenvalue weighted by atomic mass is 16.4. The maximum absolute atomic E-state index is 10.9. The van der Waals surface area contributed by atoms with Crippen LogP contribution >= 0.6 is 0 Å². The van der Waals surface area contributed by atoms with Crippen LogP contribution in [0.5, 0.6) is 0 Å². The van der Waals surface area contributed by atoms with Crippen LogP contribution in [0, 0.1) is 5.92 Å². The minimum Gasteiger partial charge on any atom is -0.476 e. The number of pyridine rings is 1. The molecule has 0 amide bonds. The van der Waals surface area contributed by atoms with Gasteiger partial charge in [0.2, 0.25) is 0 Å². The number of aromatic carboxylic acids is 1. The van der Waals surface area contributed by atoms with E-state index >= 15 is 0 Å².